The molecule has 0 saturated heterocycles. The predicted octanol–water partition coefficient (Wildman–Crippen LogP) is 5.39. The van der Waals surface area contributed by atoms with Crippen LogP contribution in [0.5, 0.6) is 0 Å². The van der Waals surface area contributed by atoms with E-state index in [0.29, 0.717) is 16.6 Å². The van der Waals surface area contributed by atoms with Gasteiger partial charge in [-0.05, 0) is 47.2 Å². The summed E-state index contributed by atoms with van der Waals surface area (Å²) in [5, 5.41) is 0. The molecule has 0 aliphatic heterocycles. The first-order chi connectivity index (χ1) is 8.87. The van der Waals surface area contributed by atoms with E-state index in [0.717, 1.165) is 24.4 Å². The molecule has 0 spiro atoms. The minimum absolute atomic E-state index is 0.710. The van der Waals surface area contributed by atoms with Gasteiger partial charge in [0.15, 0.2) is 8.32 Å². The Labute approximate surface area is 120 Å². The van der Waals surface area contributed by atoms with E-state index < -0.39 is 8.32 Å². The second-order valence-corrected chi connectivity index (χ2v) is 13.1. The van der Waals surface area contributed by atoms with E-state index in [1.807, 2.05) is 0 Å². The van der Waals surface area contributed by atoms with Crippen LogP contribution in [-0.4, -0.2) is 14.9 Å². The minimum Gasteiger partial charge on any atom is -0.416 e. The fourth-order valence-corrected chi connectivity index (χ4v) is 10.3. The van der Waals surface area contributed by atoms with Gasteiger partial charge in [0.25, 0.3) is 0 Å². The fourth-order valence-electron chi connectivity index (χ4n) is 4.84. The van der Waals surface area contributed by atoms with Crippen LogP contribution < -0.4 is 0 Å². The summed E-state index contributed by atoms with van der Waals surface area (Å²) in [6, 6.07) is 0. The topological polar surface area (TPSA) is 9.23 Å². The number of rotatable bonds is 6. The third-order valence-corrected chi connectivity index (χ3v) is 11.8. The average Bonchev–Trinajstić information content (AvgIpc) is 2.90. The Morgan fingerprint density at radius 1 is 0.947 bits per heavy atom. The van der Waals surface area contributed by atoms with E-state index in [2.05, 4.69) is 53.7 Å². The summed E-state index contributed by atoms with van der Waals surface area (Å²) in [6.45, 7) is 15.3. The lowest BCUT2D eigenvalue weighted by Gasteiger charge is -2.43. The van der Waals surface area contributed by atoms with Crippen LogP contribution in [-0.2, 0) is 4.43 Å². The summed E-state index contributed by atoms with van der Waals surface area (Å²) in [5.41, 5.74) is 2.13. The smallest absolute Gasteiger partial charge is 0.200 e. The molecular weight excluding hydrogens is 248 g/mol. The van der Waals surface area contributed by atoms with Gasteiger partial charge in [-0.1, -0.05) is 53.7 Å². The van der Waals surface area contributed by atoms with Crippen LogP contribution in [0.15, 0.2) is 12.2 Å². The highest BCUT2D eigenvalue weighted by Crippen LogP contribution is 2.46. The van der Waals surface area contributed by atoms with Crippen molar-refractivity contribution in [2.45, 2.75) is 71.0 Å². The fraction of sp³-hybridized carbons (Fsp3) is 0.882. The molecule has 3 atom stereocenters. The van der Waals surface area contributed by atoms with E-state index in [4.69, 9.17) is 4.43 Å². The lowest BCUT2D eigenvalue weighted by atomic mass is 9.95. The Hall–Kier alpha value is -0.0831. The van der Waals surface area contributed by atoms with Crippen LogP contribution in [0, 0.1) is 17.8 Å². The molecule has 2 aliphatic carbocycles. The highest BCUT2D eigenvalue weighted by molar-refractivity contribution is 6.77. The molecule has 0 aromatic carbocycles. The van der Waals surface area contributed by atoms with E-state index in [1.165, 1.54) is 12.8 Å². The highest BCUT2D eigenvalue weighted by Gasteiger charge is 2.46. The molecule has 0 amide bonds. The molecule has 110 valence electrons. The maximum atomic E-state index is 6.76. The Bertz CT molecular complexity index is 310. The van der Waals surface area contributed by atoms with Crippen LogP contribution in [0.2, 0.25) is 16.6 Å². The molecule has 0 N–H and O–H groups in total. The number of allylic oxidation sites excluding steroid dienone is 2. The summed E-state index contributed by atoms with van der Waals surface area (Å²) >= 11 is 0. The van der Waals surface area contributed by atoms with Crippen molar-refractivity contribution >= 4 is 8.32 Å². The molecule has 0 aromatic heterocycles. The van der Waals surface area contributed by atoms with E-state index in [1.54, 1.807) is 0 Å². The zero-order valence-electron chi connectivity index (χ0n) is 13.6. The van der Waals surface area contributed by atoms with Crippen molar-refractivity contribution in [3.63, 3.8) is 0 Å². The molecule has 1 saturated carbocycles. The van der Waals surface area contributed by atoms with Crippen molar-refractivity contribution in [2.24, 2.45) is 17.8 Å². The zero-order chi connectivity index (χ0) is 14.2. The van der Waals surface area contributed by atoms with Gasteiger partial charge in [0, 0.05) is 6.61 Å². The third-order valence-electron chi connectivity index (χ3n) is 5.67. The summed E-state index contributed by atoms with van der Waals surface area (Å²) < 4.78 is 6.76. The molecular formula is C17H32OSi. The van der Waals surface area contributed by atoms with Gasteiger partial charge in [0.1, 0.15) is 0 Å². The van der Waals surface area contributed by atoms with Crippen LogP contribution in [0.25, 0.3) is 0 Å². The van der Waals surface area contributed by atoms with Crippen LogP contribution in [0.4, 0.5) is 0 Å². The molecule has 2 bridgehead atoms. The number of hydrogen-bond acceptors (Lipinski definition) is 1. The molecule has 2 heteroatoms. The monoisotopic (exact) mass is 280 g/mol. The van der Waals surface area contributed by atoms with Crippen molar-refractivity contribution in [3.05, 3.63) is 12.2 Å². The lowest BCUT2D eigenvalue weighted by molar-refractivity contribution is 0.202. The van der Waals surface area contributed by atoms with E-state index in [9.17, 15) is 0 Å². The van der Waals surface area contributed by atoms with Gasteiger partial charge in [-0.15, -0.1) is 0 Å². The molecule has 1 fully saturated rings. The standard InChI is InChI=1S/C17H32OSi/c1-12(2)19(13(3)4,14(5)6)18-11-17-10-15-7-8-16(17)9-15/h7-8,12-17H,9-11H2,1-6H3. The first kappa shape index (κ1) is 15.3. The summed E-state index contributed by atoms with van der Waals surface area (Å²) in [5.74, 6) is 2.49. The molecule has 2 aliphatic rings. The van der Waals surface area contributed by atoms with Gasteiger partial charge in [-0.25, -0.2) is 0 Å². The zero-order valence-corrected chi connectivity index (χ0v) is 14.6. The molecule has 0 heterocycles. The summed E-state index contributed by atoms with van der Waals surface area (Å²) in [7, 11) is -1.65. The van der Waals surface area contributed by atoms with Gasteiger partial charge < -0.3 is 4.43 Å². The van der Waals surface area contributed by atoms with Crippen molar-refractivity contribution < 1.29 is 4.43 Å². The molecule has 1 nitrogen and oxygen atoms in total. The van der Waals surface area contributed by atoms with Gasteiger partial charge in [-0.2, -0.15) is 0 Å². The molecule has 3 unspecified atom stereocenters. The largest absolute Gasteiger partial charge is 0.416 e. The minimum atomic E-state index is -1.65. The van der Waals surface area contributed by atoms with Crippen molar-refractivity contribution in [3.8, 4) is 0 Å². The lowest BCUT2D eigenvalue weighted by Crippen LogP contribution is -2.48. The molecule has 0 aromatic rings. The first-order valence-corrected chi connectivity index (χ1v) is 10.3. The number of fused-ring (bicyclic) bond motifs is 2. The predicted molar refractivity (Wildman–Crippen MR) is 85.8 cm³/mol. The van der Waals surface area contributed by atoms with E-state index in [-0.39, 0.29) is 0 Å². The van der Waals surface area contributed by atoms with Gasteiger partial charge in [-0.3, -0.25) is 0 Å². The maximum Gasteiger partial charge on any atom is 0.200 e. The Balaban J connectivity index is 2.02. The van der Waals surface area contributed by atoms with Gasteiger partial charge >= 0.3 is 0 Å². The maximum absolute atomic E-state index is 6.76. The van der Waals surface area contributed by atoms with E-state index >= 15 is 0 Å². The van der Waals surface area contributed by atoms with Crippen molar-refractivity contribution in [2.75, 3.05) is 6.61 Å². The van der Waals surface area contributed by atoms with Gasteiger partial charge in [0.05, 0.1) is 0 Å². The average molecular weight is 281 g/mol. The van der Waals surface area contributed by atoms with Crippen LogP contribution in [0.3, 0.4) is 0 Å². The summed E-state index contributed by atoms with van der Waals surface area (Å²) in [4.78, 5) is 0. The van der Waals surface area contributed by atoms with Crippen molar-refractivity contribution in [1.29, 1.82) is 0 Å². The second kappa shape index (κ2) is 5.73. The highest BCUT2D eigenvalue weighted by atomic mass is 28.4. The molecule has 2 rings (SSSR count). The SMILES string of the molecule is CC(C)[Si](OCC1CC2C=CC1C2)(C(C)C)C(C)C. The quantitative estimate of drug-likeness (QED) is 0.468. The Morgan fingerprint density at radius 2 is 1.53 bits per heavy atom. The Morgan fingerprint density at radius 3 is 1.89 bits per heavy atom. The molecule has 0 radical (unpaired) electrons. The van der Waals surface area contributed by atoms with Crippen LogP contribution >= 0.6 is 0 Å². The number of hydrogen-bond donors (Lipinski definition) is 0. The van der Waals surface area contributed by atoms with Gasteiger partial charge in [0.2, 0.25) is 0 Å². The third kappa shape index (κ3) is 2.71. The first-order valence-electron chi connectivity index (χ1n) is 8.20. The van der Waals surface area contributed by atoms with Crippen molar-refractivity contribution in [1.82, 2.24) is 0 Å². The molecule has 19 heavy (non-hydrogen) atoms. The Kier molecular flexibility index (Phi) is 4.62. The summed E-state index contributed by atoms with van der Waals surface area (Å²) in [6.07, 6.45) is 7.65. The second-order valence-electron chi connectivity index (χ2n) is 7.67. The van der Waals surface area contributed by atoms with Crippen LogP contribution in [0.1, 0.15) is 54.4 Å². The normalized spacial score (nSPS) is 30.3.